The van der Waals surface area contributed by atoms with Crippen molar-refractivity contribution in [3.8, 4) is 5.69 Å². The highest BCUT2D eigenvalue weighted by Gasteiger charge is 2.21. The maximum absolute atomic E-state index is 12.1. The second kappa shape index (κ2) is 8.50. The van der Waals surface area contributed by atoms with E-state index in [4.69, 9.17) is 0 Å². The lowest BCUT2D eigenvalue weighted by atomic mass is 9.97. The lowest BCUT2D eigenvalue weighted by Crippen LogP contribution is -2.40. The fraction of sp³-hybridized carbons (Fsp3) is 0.333. The molecule has 27 heavy (non-hydrogen) atoms. The van der Waals surface area contributed by atoms with E-state index >= 15 is 0 Å². The molecule has 0 unspecified atom stereocenters. The van der Waals surface area contributed by atoms with Crippen molar-refractivity contribution in [2.75, 3.05) is 19.6 Å². The summed E-state index contributed by atoms with van der Waals surface area (Å²) in [5.74, 6) is 0.561. The highest BCUT2D eigenvalue weighted by Crippen LogP contribution is 2.19. The van der Waals surface area contributed by atoms with Gasteiger partial charge in [-0.3, -0.25) is 9.69 Å². The van der Waals surface area contributed by atoms with Crippen LogP contribution in [0.25, 0.3) is 5.69 Å². The van der Waals surface area contributed by atoms with Gasteiger partial charge in [0.2, 0.25) is 0 Å². The van der Waals surface area contributed by atoms with E-state index in [9.17, 15) is 4.79 Å². The molecule has 1 aliphatic rings. The number of benzene rings is 1. The molecule has 1 aliphatic heterocycles. The van der Waals surface area contributed by atoms with Gasteiger partial charge in [0.15, 0.2) is 0 Å². The maximum atomic E-state index is 12.1. The zero-order valence-electron chi connectivity index (χ0n) is 15.3. The molecule has 140 valence electrons. The van der Waals surface area contributed by atoms with Crippen molar-refractivity contribution < 1.29 is 4.79 Å². The van der Waals surface area contributed by atoms with E-state index in [0.717, 1.165) is 36.7 Å². The normalized spacial score (nSPS) is 17.7. The van der Waals surface area contributed by atoms with Gasteiger partial charge in [-0.05, 0) is 60.5 Å². The Kier molecular flexibility index (Phi) is 5.65. The monoisotopic (exact) mass is 380 g/mol. The van der Waals surface area contributed by atoms with Crippen LogP contribution in [0.3, 0.4) is 0 Å². The van der Waals surface area contributed by atoms with Gasteiger partial charge in [-0.25, -0.2) is 4.68 Å². The Morgan fingerprint density at radius 1 is 1.26 bits per heavy atom. The largest absolute Gasteiger partial charge is 0.351 e. The summed E-state index contributed by atoms with van der Waals surface area (Å²) in [6.45, 7) is 3.82. The van der Waals surface area contributed by atoms with Gasteiger partial charge >= 0.3 is 0 Å². The highest BCUT2D eigenvalue weighted by atomic mass is 32.1. The number of likely N-dealkylation sites (tertiary alicyclic amines) is 1. The number of aromatic nitrogens is 2. The van der Waals surface area contributed by atoms with Crippen LogP contribution >= 0.6 is 11.3 Å². The molecule has 1 N–H and O–H groups in total. The van der Waals surface area contributed by atoms with Crippen LogP contribution in [0.1, 0.15) is 28.1 Å². The summed E-state index contributed by atoms with van der Waals surface area (Å²) in [5, 5.41) is 9.35. The van der Waals surface area contributed by atoms with Crippen molar-refractivity contribution in [2.24, 2.45) is 5.92 Å². The van der Waals surface area contributed by atoms with Crippen molar-refractivity contribution >= 4 is 17.2 Å². The molecule has 1 aromatic carbocycles. The number of hydrogen-bond donors (Lipinski definition) is 1. The van der Waals surface area contributed by atoms with Gasteiger partial charge in [0.1, 0.15) is 0 Å². The van der Waals surface area contributed by atoms with E-state index in [2.05, 4.69) is 39.6 Å². The molecule has 3 heterocycles. The summed E-state index contributed by atoms with van der Waals surface area (Å²) in [5.41, 5.74) is 2.39. The number of hydrogen-bond acceptors (Lipinski definition) is 4. The quantitative estimate of drug-likeness (QED) is 0.711. The molecular formula is C21H24N4OS. The number of rotatable bonds is 6. The first-order chi connectivity index (χ1) is 13.3. The molecule has 1 fully saturated rings. The maximum Gasteiger partial charge on any atom is 0.261 e. The molecule has 1 amide bonds. The number of nitrogens with one attached hydrogen (secondary N) is 1. The Bertz CT molecular complexity index is 860. The molecule has 4 rings (SSSR count). The number of carbonyl (C=O) groups excluding carboxylic acids is 1. The van der Waals surface area contributed by atoms with Crippen LogP contribution in [0.5, 0.6) is 0 Å². The SMILES string of the molecule is O=C(NC[C@H]1CCCN(Cc2cccc(-n3cccn3)c2)C1)c1cccs1. The van der Waals surface area contributed by atoms with E-state index < -0.39 is 0 Å². The number of thiophene rings is 1. The van der Waals surface area contributed by atoms with Crippen LogP contribution in [0, 0.1) is 5.92 Å². The lowest BCUT2D eigenvalue weighted by Gasteiger charge is -2.32. The molecule has 6 heteroatoms. The lowest BCUT2D eigenvalue weighted by molar-refractivity contribution is 0.0934. The van der Waals surface area contributed by atoms with Crippen molar-refractivity contribution in [3.63, 3.8) is 0 Å². The summed E-state index contributed by atoms with van der Waals surface area (Å²) in [6.07, 6.45) is 6.12. The zero-order valence-corrected chi connectivity index (χ0v) is 16.1. The summed E-state index contributed by atoms with van der Waals surface area (Å²) < 4.78 is 1.89. The molecule has 5 nitrogen and oxygen atoms in total. The molecular weight excluding hydrogens is 356 g/mol. The van der Waals surface area contributed by atoms with Gasteiger partial charge in [0, 0.05) is 32.0 Å². The van der Waals surface area contributed by atoms with Crippen LogP contribution in [0.2, 0.25) is 0 Å². The molecule has 2 aromatic heterocycles. The summed E-state index contributed by atoms with van der Waals surface area (Å²) in [6, 6.07) is 14.3. The summed E-state index contributed by atoms with van der Waals surface area (Å²) >= 11 is 1.49. The second-order valence-electron chi connectivity index (χ2n) is 7.05. The van der Waals surface area contributed by atoms with Crippen molar-refractivity contribution in [3.05, 3.63) is 70.7 Å². The first-order valence-corrected chi connectivity index (χ1v) is 10.3. The number of nitrogens with zero attached hydrogens (tertiary/aromatic N) is 3. The molecule has 0 radical (unpaired) electrons. The van der Waals surface area contributed by atoms with Crippen LogP contribution in [-0.4, -0.2) is 40.2 Å². The Labute approximate surface area is 163 Å². The van der Waals surface area contributed by atoms with Gasteiger partial charge in [0.25, 0.3) is 5.91 Å². The van der Waals surface area contributed by atoms with E-state index in [-0.39, 0.29) is 5.91 Å². The van der Waals surface area contributed by atoms with Crippen LogP contribution < -0.4 is 5.32 Å². The summed E-state index contributed by atoms with van der Waals surface area (Å²) in [7, 11) is 0. The molecule has 3 aromatic rings. The van der Waals surface area contributed by atoms with Gasteiger partial charge < -0.3 is 5.32 Å². The Balaban J connectivity index is 1.32. The van der Waals surface area contributed by atoms with E-state index in [1.807, 2.05) is 34.5 Å². The van der Waals surface area contributed by atoms with Crippen LogP contribution in [0.15, 0.2) is 60.2 Å². The van der Waals surface area contributed by atoms with Gasteiger partial charge in [-0.1, -0.05) is 18.2 Å². The first-order valence-electron chi connectivity index (χ1n) is 9.41. The smallest absolute Gasteiger partial charge is 0.261 e. The van der Waals surface area contributed by atoms with Gasteiger partial charge in [-0.15, -0.1) is 11.3 Å². The molecule has 1 saturated heterocycles. The van der Waals surface area contributed by atoms with E-state index in [1.165, 1.54) is 29.7 Å². The Morgan fingerprint density at radius 2 is 2.22 bits per heavy atom. The Morgan fingerprint density at radius 3 is 3.04 bits per heavy atom. The number of amides is 1. The van der Waals surface area contributed by atoms with Crippen LogP contribution in [-0.2, 0) is 6.54 Å². The third-order valence-electron chi connectivity index (χ3n) is 4.99. The number of carbonyl (C=O) groups is 1. The third kappa shape index (κ3) is 4.64. The Hall–Kier alpha value is -2.44. The standard InChI is InChI=1S/C21H24N4OS/c26-21(20-8-3-12-27-20)22-14-18-6-2-10-24(16-18)15-17-5-1-7-19(13-17)25-11-4-9-23-25/h1,3-5,7-9,11-13,18H,2,6,10,14-16H2,(H,22,26)/t18-/m1/s1. The molecule has 0 spiro atoms. The molecule has 0 aliphatic carbocycles. The average molecular weight is 381 g/mol. The average Bonchev–Trinajstić information content (AvgIpc) is 3.40. The first kappa shape index (κ1) is 17.9. The van der Waals surface area contributed by atoms with Crippen molar-refractivity contribution in [2.45, 2.75) is 19.4 Å². The minimum Gasteiger partial charge on any atom is -0.351 e. The van der Waals surface area contributed by atoms with Gasteiger partial charge in [-0.2, -0.15) is 5.10 Å². The molecule has 0 saturated carbocycles. The minimum atomic E-state index is 0.0500. The fourth-order valence-electron chi connectivity index (χ4n) is 3.67. The highest BCUT2D eigenvalue weighted by molar-refractivity contribution is 7.12. The van der Waals surface area contributed by atoms with Gasteiger partial charge in [0.05, 0.1) is 10.6 Å². The van der Waals surface area contributed by atoms with E-state index in [1.54, 1.807) is 6.20 Å². The molecule has 0 bridgehead atoms. The number of piperidine rings is 1. The second-order valence-corrected chi connectivity index (χ2v) is 8.00. The zero-order chi connectivity index (χ0) is 18.5. The predicted octanol–water partition coefficient (Wildman–Crippen LogP) is 3.58. The fourth-order valence-corrected chi connectivity index (χ4v) is 4.31. The third-order valence-corrected chi connectivity index (χ3v) is 5.85. The van der Waals surface area contributed by atoms with Crippen LogP contribution in [0.4, 0.5) is 0 Å². The van der Waals surface area contributed by atoms with Crippen molar-refractivity contribution in [1.29, 1.82) is 0 Å². The summed E-state index contributed by atoms with van der Waals surface area (Å²) in [4.78, 5) is 15.4. The predicted molar refractivity (Wildman–Crippen MR) is 108 cm³/mol. The van der Waals surface area contributed by atoms with E-state index in [0.29, 0.717) is 5.92 Å². The van der Waals surface area contributed by atoms with Crippen molar-refractivity contribution in [1.82, 2.24) is 20.0 Å². The minimum absolute atomic E-state index is 0.0500. The molecule has 1 atom stereocenters. The topological polar surface area (TPSA) is 50.2 Å².